The fourth-order valence-corrected chi connectivity index (χ4v) is 3.49. The predicted octanol–water partition coefficient (Wildman–Crippen LogP) is 1.71. The van der Waals surface area contributed by atoms with Crippen LogP contribution in [0.1, 0.15) is 51.9 Å². The maximum Gasteiger partial charge on any atom is 0.315 e. The van der Waals surface area contributed by atoms with E-state index in [1.165, 1.54) is 38.6 Å². The summed E-state index contributed by atoms with van der Waals surface area (Å²) in [7, 11) is 0. The van der Waals surface area contributed by atoms with Gasteiger partial charge in [-0.15, -0.1) is 0 Å². The lowest BCUT2D eigenvalue weighted by Gasteiger charge is -2.35. The van der Waals surface area contributed by atoms with Crippen LogP contribution in [0.15, 0.2) is 0 Å². The van der Waals surface area contributed by atoms with E-state index in [4.69, 9.17) is 5.11 Å². The van der Waals surface area contributed by atoms with Crippen molar-refractivity contribution in [2.24, 2.45) is 5.92 Å². The standard InChI is InChI=1S/C16H31N3O2/c1-13(12-20)17-16(21)18-15-7-9-19(10-8-15)11-14-5-3-2-4-6-14/h13-15,20H,2-12H2,1H3,(H2,17,18,21). The minimum absolute atomic E-state index is 0.0206. The zero-order valence-corrected chi connectivity index (χ0v) is 13.3. The third-order valence-corrected chi connectivity index (χ3v) is 4.82. The van der Waals surface area contributed by atoms with Gasteiger partial charge in [-0.3, -0.25) is 0 Å². The largest absolute Gasteiger partial charge is 0.394 e. The topological polar surface area (TPSA) is 64.6 Å². The van der Waals surface area contributed by atoms with E-state index in [0.29, 0.717) is 0 Å². The average molecular weight is 297 g/mol. The molecule has 0 aromatic carbocycles. The molecule has 1 saturated heterocycles. The minimum Gasteiger partial charge on any atom is -0.394 e. The molecule has 21 heavy (non-hydrogen) atoms. The van der Waals surface area contributed by atoms with Crippen LogP contribution in [0.5, 0.6) is 0 Å². The van der Waals surface area contributed by atoms with E-state index in [1.807, 2.05) is 0 Å². The predicted molar refractivity (Wildman–Crippen MR) is 84.3 cm³/mol. The number of nitrogens with one attached hydrogen (secondary N) is 2. The molecule has 2 aliphatic rings. The monoisotopic (exact) mass is 297 g/mol. The number of amides is 2. The van der Waals surface area contributed by atoms with Crippen molar-refractivity contribution in [3.05, 3.63) is 0 Å². The molecule has 1 saturated carbocycles. The smallest absolute Gasteiger partial charge is 0.315 e. The van der Waals surface area contributed by atoms with Crippen molar-refractivity contribution in [2.45, 2.75) is 64.0 Å². The van der Waals surface area contributed by atoms with Crippen LogP contribution in [-0.4, -0.2) is 54.4 Å². The van der Waals surface area contributed by atoms with E-state index in [9.17, 15) is 4.79 Å². The normalized spacial score (nSPS) is 23.7. The molecule has 0 aromatic rings. The van der Waals surface area contributed by atoms with Crippen LogP contribution in [0.4, 0.5) is 4.79 Å². The Bertz CT molecular complexity index is 311. The highest BCUT2D eigenvalue weighted by Crippen LogP contribution is 2.25. The number of aliphatic hydroxyl groups excluding tert-OH is 1. The Labute approximate surface area is 128 Å². The van der Waals surface area contributed by atoms with E-state index < -0.39 is 0 Å². The van der Waals surface area contributed by atoms with Crippen LogP contribution in [0, 0.1) is 5.92 Å². The van der Waals surface area contributed by atoms with Crippen molar-refractivity contribution in [3.8, 4) is 0 Å². The zero-order valence-electron chi connectivity index (χ0n) is 13.3. The second-order valence-electron chi connectivity index (χ2n) is 6.78. The third-order valence-electron chi connectivity index (χ3n) is 4.82. The molecule has 0 radical (unpaired) electrons. The van der Waals surface area contributed by atoms with Crippen molar-refractivity contribution in [2.75, 3.05) is 26.2 Å². The SMILES string of the molecule is CC(CO)NC(=O)NC1CCN(CC2CCCCC2)CC1. The van der Waals surface area contributed by atoms with E-state index in [-0.39, 0.29) is 24.7 Å². The molecule has 0 bridgehead atoms. The molecule has 2 fully saturated rings. The fourth-order valence-electron chi connectivity index (χ4n) is 3.49. The Kier molecular flexibility index (Phi) is 6.77. The molecule has 0 spiro atoms. The molecule has 122 valence electrons. The van der Waals surface area contributed by atoms with Crippen molar-refractivity contribution >= 4 is 6.03 Å². The Morgan fingerprint density at radius 3 is 2.48 bits per heavy atom. The molecule has 0 aromatic heterocycles. The number of aliphatic hydroxyl groups is 1. The summed E-state index contributed by atoms with van der Waals surface area (Å²) in [5, 5.41) is 14.7. The number of likely N-dealkylation sites (tertiary alicyclic amines) is 1. The molecule has 5 nitrogen and oxygen atoms in total. The zero-order chi connectivity index (χ0) is 15.1. The first kappa shape index (κ1) is 16.6. The van der Waals surface area contributed by atoms with Crippen LogP contribution >= 0.6 is 0 Å². The second kappa shape index (κ2) is 8.59. The van der Waals surface area contributed by atoms with Gasteiger partial charge in [0.15, 0.2) is 0 Å². The molecule has 1 aliphatic carbocycles. The summed E-state index contributed by atoms with van der Waals surface area (Å²) >= 11 is 0. The van der Waals surface area contributed by atoms with Gasteiger partial charge in [-0.25, -0.2) is 4.79 Å². The Morgan fingerprint density at radius 2 is 1.86 bits per heavy atom. The van der Waals surface area contributed by atoms with Crippen LogP contribution in [0.25, 0.3) is 0 Å². The van der Waals surface area contributed by atoms with Crippen molar-refractivity contribution in [3.63, 3.8) is 0 Å². The van der Waals surface area contributed by atoms with Crippen LogP contribution in [0.2, 0.25) is 0 Å². The number of carbonyl (C=O) groups excluding carboxylic acids is 1. The van der Waals surface area contributed by atoms with Gasteiger partial charge in [-0.05, 0) is 38.5 Å². The lowest BCUT2D eigenvalue weighted by atomic mass is 9.88. The highest BCUT2D eigenvalue weighted by atomic mass is 16.3. The molecule has 3 N–H and O–H groups in total. The maximum absolute atomic E-state index is 11.7. The summed E-state index contributed by atoms with van der Waals surface area (Å²) in [4.78, 5) is 14.3. The van der Waals surface area contributed by atoms with Gasteiger partial charge in [0.1, 0.15) is 0 Å². The van der Waals surface area contributed by atoms with Crippen LogP contribution in [0.3, 0.4) is 0 Å². The molecule has 5 heteroatoms. The molecule has 2 rings (SSSR count). The van der Waals surface area contributed by atoms with Crippen molar-refractivity contribution in [1.29, 1.82) is 0 Å². The van der Waals surface area contributed by atoms with Gasteiger partial charge in [-0.2, -0.15) is 0 Å². The van der Waals surface area contributed by atoms with E-state index >= 15 is 0 Å². The summed E-state index contributed by atoms with van der Waals surface area (Å²) in [6.45, 7) is 5.22. The molecule has 1 heterocycles. The first-order valence-corrected chi connectivity index (χ1v) is 8.57. The molecule has 2 amide bonds. The Hall–Kier alpha value is -0.810. The summed E-state index contributed by atoms with van der Waals surface area (Å²) in [6.07, 6.45) is 9.11. The first-order chi connectivity index (χ1) is 10.2. The fraction of sp³-hybridized carbons (Fsp3) is 0.938. The van der Waals surface area contributed by atoms with Gasteiger partial charge < -0.3 is 20.6 Å². The van der Waals surface area contributed by atoms with E-state index in [0.717, 1.165) is 31.8 Å². The molecule has 1 unspecified atom stereocenters. The summed E-state index contributed by atoms with van der Waals surface area (Å²) < 4.78 is 0. The van der Waals surface area contributed by atoms with Crippen LogP contribution in [-0.2, 0) is 0 Å². The van der Waals surface area contributed by atoms with E-state index in [2.05, 4.69) is 15.5 Å². The summed E-state index contributed by atoms with van der Waals surface area (Å²) in [6, 6.07) is -0.0582. The molecule has 1 aliphatic heterocycles. The second-order valence-corrected chi connectivity index (χ2v) is 6.78. The maximum atomic E-state index is 11.7. The highest BCUT2D eigenvalue weighted by Gasteiger charge is 2.23. The lowest BCUT2D eigenvalue weighted by molar-refractivity contribution is 0.154. The number of hydrogen-bond donors (Lipinski definition) is 3. The summed E-state index contributed by atoms with van der Waals surface area (Å²) in [5.74, 6) is 0.900. The van der Waals surface area contributed by atoms with Gasteiger partial charge >= 0.3 is 6.03 Å². The van der Waals surface area contributed by atoms with E-state index in [1.54, 1.807) is 6.92 Å². The number of carbonyl (C=O) groups is 1. The third kappa shape index (κ3) is 5.83. The average Bonchev–Trinajstić information content (AvgIpc) is 2.50. The molecular weight excluding hydrogens is 266 g/mol. The van der Waals surface area contributed by atoms with Crippen LogP contribution < -0.4 is 10.6 Å². The van der Waals surface area contributed by atoms with Gasteiger partial charge in [0, 0.05) is 25.7 Å². The molecule has 1 atom stereocenters. The van der Waals surface area contributed by atoms with Crippen molar-refractivity contribution < 1.29 is 9.90 Å². The number of rotatable bonds is 5. The highest BCUT2D eigenvalue weighted by molar-refractivity contribution is 5.74. The van der Waals surface area contributed by atoms with Gasteiger partial charge in [0.2, 0.25) is 0 Å². The molecular formula is C16H31N3O2. The quantitative estimate of drug-likeness (QED) is 0.724. The summed E-state index contributed by atoms with van der Waals surface area (Å²) in [5.41, 5.74) is 0. The van der Waals surface area contributed by atoms with Gasteiger partial charge in [0.05, 0.1) is 12.6 Å². The number of hydrogen-bond acceptors (Lipinski definition) is 3. The first-order valence-electron chi connectivity index (χ1n) is 8.57. The number of nitrogens with zero attached hydrogens (tertiary/aromatic N) is 1. The van der Waals surface area contributed by atoms with Crippen molar-refractivity contribution in [1.82, 2.24) is 15.5 Å². The Morgan fingerprint density at radius 1 is 1.19 bits per heavy atom. The number of urea groups is 1. The minimum atomic E-state index is -0.184. The Balaban J connectivity index is 1.62. The number of piperidine rings is 1. The van der Waals surface area contributed by atoms with Gasteiger partial charge in [-0.1, -0.05) is 19.3 Å². The lowest BCUT2D eigenvalue weighted by Crippen LogP contribution is -2.50. The van der Waals surface area contributed by atoms with Gasteiger partial charge in [0.25, 0.3) is 0 Å².